The molecule has 1 unspecified atom stereocenters. The Labute approximate surface area is 133 Å². The number of nitrogens with zero attached hydrogens (tertiary/aromatic N) is 2. The number of carbonyl (C=O) groups excluding carboxylic acids is 1. The molecule has 0 aliphatic carbocycles. The molecule has 1 aromatic rings. The summed E-state index contributed by atoms with van der Waals surface area (Å²) in [6, 6.07) is 2.91. The van der Waals surface area contributed by atoms with Crippen LogP contribution in [0.3, 0.4) is 0 Å². The Hall–Kier alpha value is -1.58. The Kier molecular flexibility index (Phi) is 5.33. The van der Waals surface area contributed by atoms with Crippen LogP contribution in [0.15, 0.2) is 23.1 Å². The van der Waals surface area contributed by atoms with E-state index in [0.29, 0.717) is 0 Å². The average Bonchev–Trinajstić information content (AvgIpc) is 2.53. The van der Waals surface area contributed by atoms with Crippen molar-refractivity contribution in [1.82, 2.24) is 9.21 Å². The van der Waals surface area contributed by atoms with Gasteiger partial charge in [-0.15, -0.1) is 0 Å². The van der Waals surface area contributed by atoms with Gasteiger partial charge in [0.15, 0.2) is 4.90 Å². The molecule has 0 bridgehead atoms. The van der Waals surface area contributed by atoms with Gasteiger partial charge in [0.1, 0.15) is 11.6 Å². The molecule has 23 heavy (non-hydrogen) atoms. The number of carbonyl (C=O) groups is 1. The van der Waals surface area contributed by atoms with Crippen molar-refractivity contribution >= 4 is 15.9 Å². The summed E-state index contributed by atoms with van der Waals surface area (Å²) in [6.07, 6.45) is 0. The highest BCUT2D eigenvalue weighted by Crippen LogP contribution is 2.23. The third-order valence-electron chi connectivity index (χ3n) is 3.84. The topological polar surface area (TPSA) is 83.7 Å². The fraction of sp³-hybridized carbons (Fsp3) is 0.500. The third-order valence-corrected chi connectivity index (χ3v) is 5.79. The molecule has 1 saturated heterocycles. The first-order valence-electron chi connectivity index (χ1n) is 7.22. The van der Waals surface area contributed by atoms with Gasteiger partial charge in [-0.3, -0.25) is 4.79 Å². The summed E-state index contributed by atoms with van der Waals surface area (Å²) < 4.78 is 53.3. The predicted octanol–water partition coefficient (Wildman–Crippen LogP) is 0.393. The van der Waals surface area contributed by atoms with Gasteiger partial charge in [0.2, 0.25) is 15.9 Å². The van der Waals surface area contributed by atoms with E-state index in [1.165, 1.54) is 4.90 Å². The molecule has 1 aliphatic rings. The van der Waals surface area contributed by atoms with Gasteiger partial charge >= 0.3 is 0 Å². The molecule has 1 heterocycles. The van der Waals surface area contributed by atoms with E-state index in [0.717, 1.165) is 22.5 Å². The summed E-state index contributed by atoms with van der Waals surface area (Å²) in [5, 5.41) is 0. The van der Waals surface area contributed by atoms with Crippen LogP contribution in [-0.4, -0.2) is 56.3 Å². The number of hydrogen-bond donors (Lipinski definition) is 1. The number of benzene rings is 1. The van der Waals surface area contributed by atoms with Crippen LogP contribution in [-0.2, 0) is 14.8 Å². The zero-order chi connectivity index (χ0) is 17.2. The minimum Gasteiger partial charge on any atom is -0.340 e. The molecule has 1 amide bonds. The Bertz CT molecular complexity index is 668. The molecule has 128 valence electrons. The largest absolute Gasteiger partial charge is 0.340 e. The summed E-state index contributed by atoms with van der Waals surface area (Å²) in [4.78, 5) is 12.6. The first-order valence-corrected chi connectivity index (χ1v) is 8.66. The molecule has 1 aromatic carbocycles. The number of sulfonamides is 1. The second-order valence-corrected chi connectivity index (χ2v) is 7.29. The summed E-state index contributed by atoms with van der Waals surface area (Å²) in [5.41, 5.74) is 5.45. The van der Waals surface area contributed by atoms with Gasteiger partial charge in [-0.25, -0.2) is 17.2 Å². The minimum atomic E-state index is -4.28. The van der Waals surface area contributed by atoms with Gasteiger partial charge in [0.05, 0.1) is 0 Å². The number of halogens is 2. The van der Waals surface area contributed by atoms with Crippen LogP contribution in [0.2, 0.25) is 0 Å². The molecule has 0 saturated carbocycles. The Morgan fingerprint density at radius 2 is 1.74 bits per heavy atom. The fourth-order valence-electron chi connectivity index (χ4n) is 2.42. The Morgan fingerprint density at radius 3 is 2.22 bits per heavy atom. The molecule has 0 spiro atoms. The maximum Gasteiger partial charge on any atom is 0.249 e. The zero-order valence-electron chi connectivity index (χ0n) is 12.7. The smallest absolute Gasteiger partial charge is 0.249 e. The number of hydrogen-bond acceptors (Lipinski definition) is 4. The van der Waals surface area contributed by atoms with Gasteiger partial charge in [0.25, 0.3) is 0 Å². The molecule has 1 aliphatic heterocycles. The van der Waals surface area contributed by atoms with Crippen LogP contribution in [0, 0.1) is 17.6 Å². The maximum atomic E-state index is 13.7. The summed E-state index contributed by atoms with van der Waals surface area (Å²) in [7, 11) is -4.28. The van der Waals surface area contributed by atoms with Crippen molar-refractivity contribution in [2.75, 3.05) is 32.7 Å². The van der Waals surface area contributed by atoms with Gasteiger partial charge < -0.3 is 10.6 Å². The first kappa shape index (κ1) is 17.8. The van der Waals surface area contributed by atoms with Crippen LogP contribution in [0.5, 0.6) is 0 Å². The summed E-state index contributed by atoms with van der Waals surface area (Å²) in [5.74, 6) is -2.75. The highest BCUT2D eigenvalue weighted by molar-refractivity contribution is 7.89. The lowest BCUT2D eigenvalue weighted by Crippen LogP contribution is -2.52. The van der Waals surface area contributed by atoms with Crippen LogP contribution in [0.4, 0.5) is 8.78 Å². The molecule has 0 radical (unpaired) electrons. The van der Waals surface area contributed by atoms with Crippen molar-refractivity contribution in [3.8, 4) is 0 Å². The second kappa shape index (κ2) is 6.90. The average molecular weight is 347 g/mol. The van der Waals surface area contributed by atoms with Crippen LogP contribution >= 0.6 is 0 Å². The molecular weight excluding hydrogens is 328 g/mol. The van der Waals surface area contributed by atoms with E-state index in [-0.39, 0.29) is 44.5 Å². The van der Waals surface area contributed by atoms with Gasteiger partial charge in [-0.05, 0) is 12.1 Å². The van der Waals surface area contributed by atoms with Gasteiger partial charge in [0, 0.05) is 38.6 Å². The number of amides is 1. The number of nitrogens with two attached hydrogens (primary N) is 1. The lowest BCUT2D eigenvalue weighted by atomic mass is 10.1. The van der Waals surface area contributed by atoms with E-state index in [2.05, 4.69) is 0 Å². The van der Waals surface area contributed by atoms with Crippen molar-refractivity contribution in [2.24, 2.45) is 11.7 Å². The van der Waals surface area contributed by atoms with E-state index < -0.39 is 26.6 Å². The van der Waals surface area contributed by atoms with Crippen LogP contribution in [0.25, 0.3) is 0 Å². The lowest BCUT2D eigenvalue weighted by molar-refractivity contribution is -0.135. The maximum absolute atomic E-state index is 13.7. The molecule has 6 nitrogen and oxygen atoms in total. The van der Waals surface area contributed by atoms with Crippen LogP contribution in [0.1, 0.15) is 6.92 Å². The molecule has 1 fully saturated rings. The van der Waals surface area contributed by atoms with Gasteiger partial charge in [-0.1, -0.05) is 13.0 Å². The van der Waals surface area contributed by atoms with Crippen molar-refractivity contribution in [2.45, 2.75) is 11.8 Å². The number of rotatable bonds is 4. The zero-order valence-corrected chi connectivity index (χ0v) is 13.5. The van der Waals surface area contributed by atoms with E-state index in [1.807, 2.05) is 0 Å². The van der Waals surface area contributed by atoms with Crippen molar-refractivity contribution < 1.29 is 22.0 Å². The molecular formula is C14H19F2N3O3S. The van der Waals surface area contributed by atoms with E-state index in [1.54, 1.807) is 6.92 Å². The standard InChI is InChI=1S/C14H19F2N3O3S/c1-10(9-17)14(20)18-5-7-19(8-6-18)23(21,22)13-11(15)3-2-4-12(13)16/h2-4,10H,5-9,17H2,1H3. The SMILES string of the molecule is CC(CN)C(=O)N1CCN(S(=O)(=O)c2c(F)cccc2F)CC1. The van der Waals surface area contributed by atoms with E-state index >= 15 is 0 Å². The Morgan fingerprint density at radius 1 is 1.22 bits per heavy atom. The molecule has 2 N–H and O–H groups in total. The molecule has 1 atom stereocenters. The van der Waals surface area contributed by atoms with Crippen LogP contribution < -0.4 is 5.73 Å². The first-order chi connectivity index (χ1) is 10.8. The quantitative estimate of drug-likeness (QED) is 0.854. The summed E-state index contributed by atoms with van der Waals surface area (Å²) >= 11 is 0. The predicted molar refractivity (Wildman–Crippen MR) is 79.9 cm³/mol. The number of piperazine rings is 1. The summed E-state index contributed by atoms with van der Waals surface area (Å²) in [6.45, 7) is 2.20. The van der Waals surface area contributed by atoms with E-state index in [9.17, 15) is 22.0 Å². The highest BCUT2D eigenvalue weighted by atomic mass is 32.2. The van der Waals surface area contributed by atoms with Crippen molar-refractivity contribution in [3.05, 3.63) is 29.8 Å². The van der Waals surface area contributed by atoms with E-state index in [4.69, 9.17) is 5.73 Å². The molecule has 2 rings (SSSR count). The monoisotopic (exact) mass is 347 g/mol. The Balaban J connectivity index is 2.15. The highest BCUT2D eigenvalue weighted by Gasteiger charge is 2.34. The normalized spacial score (nSPS) is 18.0. The van der Waals surface area contributed by atoms with Gasteiger partial charge in [-0.2, -0.15) is 4.31 Å². The van der Waals surface area contributed by atoms with Crippen molar-refractivity contribution in [1.29, 1.82) is 0 Å². The van der Waals surface area contributed by atoms with Crippen molar-refractivity contribution in [3.63, 3.8) is 0 Å². The molecule has 0 aromatic heterocycles. The lowest BCUT2D eigenvalue weighted by Gasteiger charge is -2.35. The third kappa shape index (κ3) is 3.51. The second-order valence-electron chi connectivity index (χ2n) is 5.42. The molecule has 9 heteroatoms. The fourth-order valence-corrected chi connectivity index (χ4v) is 3.95. The minimum absolute atomic E-state index is 0.0147.